The minimum atomic E-state index is -0.657. The van der Waals surface area contributed by atoms with Gasteiger partial charge in [0, 0.05) is 19.1 Å². The first kappa shape index (κ1) is 29.4. The largest absolute Gasteiger partial charge is 0.481 e. The number of carboxylic acids is 1. The van der Waals surface area contributed by atoms with Crippen molar-refractivity contribution < 1.29 is 14.7 Å². The van der Waals surface area contributed by atoms with Crippen LogP contribution in [-0.4, -0.2) is 57.4 Å². The van der Waals surface area contributed by atoms with Gasteiger partial charge < -0.3 is 14.9 Å². The quantitative estimate of drug-likeness (QED) is 0.411. The molecule has 0 radical (unpaired) electrons. The summed E-state index contributed by atoms with van der Waals surface area (Å²) in [4.78, 5) is 36.3. The van der Waals surface area contributed by atoms with Crippen LogP contribution in [0.2, 0.25) is 0 Å². The third kappa shape index (κ3) is 6.58. The monoisotopic (exact) mass is 529 g/mol. The van der Waals surface area contributed by atoms with Crippen molar-refractivity contribution in [1.29, 1.82) is 0 Å². The molecule has 1 atom stereocenters. The Bertz CT molecular complexity index is 859. The van der Waals surface area contributed by atoms with E-state index in [1.807, 2.05) is 0 Å². The summed E-state index contributed by atoms with van der Waals surface area (Å²) in [6.07, 6.45) is 14.2. The second-order valence-electron chi connectivity index (χ2n) is 15.3. The molecule has 0 unspecified atom stereocenters. The average Bonchev–Trinajstić information content (AvgIpc) is 3.00. The molecule has 0 aromatic rings. The molecule has 6 nitrogen and oxygen atoms in total. The summed E-state index contributed by atoms with van der Waals surface area (Å²) in [6, 6.07) is 0.135. The van der Waals surface area contributed by atoms with Gasteiger partial charge in [0.25, 0.3) is 5.91 Å². The molecule has 1 spiro atoms. The molecule has 6 heteroatoms. The highest BCUT2D eigenvalue weighted by Gasteiger charge is 2.54. The molecule has 38 heavy (non-hydrogen) atoms. The minimum Gasteiger partial charge on any atom is -0.481 e. The Morgan fingerprint density at radius 3 is 2.03 bits per heavy atom. The van der Waals surface area contributed by atoms with Gasteiger partial charge >= 0.3 is 5.97 Å². The van der Waals surface area contributed by atoms with Gasteiger partial charge in [-0.3, -0.25) is 9.59 Å². The second kappa shape index (κ2) is 11.5. The lowest BCUT2D eigenvalue weighted by Crippen LogP contribution is -2.57. The molecule has 2 aliphatic carbocycles. The maximum Gasteiger partial charge on any atom is 0.306 e. The number of likely N-dealkylation sites (tertiary alicyclic amines) is 1. The van der Waals surface area contributed by atoms with Crippen LogP contribution in [0, 0.1) is 28.6 Å². The summed E-state index contributed by atoms with van der Waals surface area (Å²) >= 11 is 0. The second-order valence-corrected chi connectivity index (χ2v) is 15.3. The summed E-state index contributed by atoms with van der Waals surface area (Å²) in [5.41, 5.74) is 0.0325. The van der Waals surface area contributed by atoms with E-state index < -0.39 is 11.6 Å². The lowest BCUT2D eigenvalue weighted by molar-refractivity contribution is -0.145. The molecule has 4 rings (SSSR count). The van der Waals surface area contributed by atoms with Crippen molar-refractivity contribution in [1.82, 2.24) is 9.80 Å². The molecular formula is C32H55N3O3. The van der Waals surface area contributed by atoms with Crippen LogP contribution in [0.25, 0.3) is 0 Å². The maximum absolute atomic E-state index is 14.5. The average molecular weight is 530 g/mol. The van der Waals surface area contributed by atoms with E-state index in [4.69, 9.17) is 4.99 Å². The van der Waals surface area contributed by atoms with Gasteiger partial charge in [-0.25, -0.2) is 4.99 Å². The molecule has 0 aromatic carbocycles. The molecule has 3 fully saturated rings. The van der Waals surface area contributed by atoms with Gasteiger partial charge in [-0.05, 0) is 99.7 Å². The molecule has 1 saturated heterocycles. The maximum atomic E-state index is 14.5. The van der Waals surface area contributed by atoms with E-state index in [2.05, 4.69) is 51.3 Å². The van der Waals surface area contributed by atoms with Gasteiger partial charge in [0.15, 0.2) is 5.84 Å². The predicted molar refractivity (Wildman–Crippen MR) is 154 cm³/mol. The van der Waals surface area contributed by atoms with Crippen LogP contribution in [0.4, 0.5) is 0 Å². The first-order chi connectivity index (χ1) is 17.8. The summed E-state index contributed by atoms with van der Waals surface area (Å²) < 4.78 is 0. The van der Waals surface area contributed by atoms with Crippen molar-refractivity contribution in [3.63, 3.8) is 0 Å². The molecular weight excluding hydrogens is 474 g/mol. The van der Waals surface area contributed by atoms with Gasteiger partial charge in [-0.2, -0.15) is 0 Å². The van der Waals surface area contributed by atoms with Crippen LogP contribution >= 0.6 is 0 Å². The Hall–Kier alpha value is -1.59. The van der Waals surface area contributed by atoms with E-state index in [9.17, 15) is 14.7 Å². The molecule has 2 aliphatic heterocycles. The highest BCUT2D eigenvalue weighted by atomic mass is 16.4. The smallest absolute Gasteiger partial charge is 0.306 e. The van der Waals surface area contributed by atoms with Crippen LogP contribution in [0.5, 0.6) is 0 Å². The Morgan fingerprint density at radius 1 is 0.947 bits per heavy atom. The first-order valence-corrected chi connectivity index (χ1v) is 15.7. The molecule has 4 aliphatic rings. The Balaban J connectivity index is 1.67. The summed E-state index contributed by atoms with van der Waals surface area (Å²) in [6.45, 7) is 15.8. The van der Waals surface area contributed by atoms with Crippen LogP contribution < -0.4 is 0 Å². The minimum absolute atomic E-state index is 0.135. The zero-order chi connectivity index (χ0) is 27.7. The Labute approximate surface area is 232 Å². The number of hydrogen-bond acceptors (Lipinski definition) is 4. The number of carboxylic acid groups (broad SMARTS) is 1. The number of carbonyl (C=O) groups is 2. The summed E-state index contributed by atoms with van der Waals surface area (Å²) in [5.74, 6) is 1.02. The number of aliphatic carboxylic acids is 1. The van der Waals surface area contributed by atoms with Crippen molar-refractivity contribution in [3.05, 3.63) is 0 Å². The lowest BCUT2D eigenvalue weighted by atomic mass is 9.68. The van der Waals surface area contributed by atoms with Crippen LogP contribution in [0.1, 0.15) is 131 Å². The molecule has 0 bridgehead atoms. The van der Waals surface area contributed by atoms with E-state index >= 15 is 0 Å². The number of aliphatic imine (C=N–C) groups is 1. The van der Waals surface area contributed by atoms with Crippen LogP contribution in [-0.2, 0) is 9.59 Å². The van der Waals surface area contributed by atoms with Gasteiger partial charge in [0.1, 0.15) is 5.66 Å². The molecule has 1 amide bonds. The highest BCUT2D eigenvalue weighted by Crippen LogP contribution is 2.49. The highest BCUT2D eigenvalue weighted by molar-refractivity contribution is 6.39. The van der Waals surface area contributed by atoms with Crippen molar-refractivity contribution in [2.75, 3.05) is 13.1 Å². The number of amidine groups is 1. The number of nitrogens with zero attached hydrogens (tertiary/aromatic N) is 3. The fourth-order valence-corrected chi connectivity index (χ4v) is 7.75. The molecule has 1 N–H and O–H groups in total. The fourth-order valence-electron chi connectivity index (χ4n) is 7.75. The van der Waals surface area contributed by atoms with Crippen molar-refractivity contribution in [3.8, 4) is 0 Å². The van der Waals surface area contributed by atoms with E-state index in [1.165, 1.54) is 12.8 Å². The fraction of sp³-hybridized carbons (Fsp3) is 0.906. The lowest BCUT2D eigenvalue weighted by Gasteiger charge is -2.50. The normalized spacial score (nSPS) is 32.3. The van der Waals surface area contributed by atoms with Gasteiger partial charge in [-0.15, -0.1) is 0 Å². The molecule has 2 saturated carbocycles. The Kier molecular flexibility index (Phi) is 8.89. The van der Waals surface area contributed by atoms with E-state index in [-0.39, 0.29) is 28.7 Å². The van der Waals surface area contributed by atoms with E-state index in [0.29, 0.717) is 11.8 Å². The standard InChI is InChI=1S/C32H55N3O3/c1-30(2,3)18-17-26(23-11-13-24(14-12-23)29(37)38)35-28(36)27(34-21-9-7-8-10-22-34)33-32(35)19-15-25(16-20-32)31(4,5)6/h23-26H,7-22H2,1-6H3,(H,37,38)/t23?,24?,25?,26-,32?/m1/s1. The summed E-state index contributed by atoms with van der Waals surface area (Å²) in [5, 5.41) is 9.63. The molecule has 0 aromatic heterocycles. The predicted octanol–water partition coefficient (Wildman–Crippen LogP) is 7.12. The SMILES string of the molecule is CC(C)(C)CC[C@H](C1CCC(C(=O)O)CC1)N1C(=O)C(N2CCCCCC2)=NC12CCC(C(C)(C)C)CC2. The number of hydrogen-bond donors (Lipinski definition) is 1. The van der Waals surface area contributed by atoms with Gasteiger partial charge in [-0.1, -0.05) is 54.4 Å². The van der Waals surface area contributed by atoms with Crippen molar-refractivity contribution >= 4 is 17.7 Å². The van der Waals surface area contributed by atoms with Gasteiger partial charge in [0.05, 0.1) is 5.92 Å². The van der Waals surface area contributed by atoms with E-state index in [1.54, 1.807) is 0 Å². The van der Waals surface area contributed by atoms with Crippen LogP contribution in [0.3, 0.4) is 0 Å². The zero-order valence-corrected chi connectivity index (χ0v) is 25.2. The zero-order valence-electron chi connectivity index (χ0n) is 25.2. The topological polar surface area (TPSA) is 73.2 Å². The third-order valence-electron chi connectivity index (χ3n) is 10.3. The molecule has 2 heterocycles. The van der Waals surface area contributed by atoms with E-state index in [0.717, 1.165) is 96.0 Å². The third-order valence-corrected chi connectivity index (χ3v) is 10.3. The van der Waals surface area contributed by atoms with Crippen LogP contribution in [0.15, 0.2) is 4.99 Å². The number of amides is 1. The molecule has 216 valence electrons. The first-order valence-electron chi connectivity index (χ1n) is 15.7. The van der Waals surface area contributed by atoms with Gasteiger partial charge in [0.2, 0.25) is 0 Å². The Morgan fingerprint density at radius 2 is 1.53 bits per heavy atom. The summed E-state index contributed by atoms with van der Waals surface area (Å²) in [7, 11) is 0. The van der Waals surface area contributed by atoms with Crippen molar-refractivity contribution in [2.45, 2.75) is 143 Å². The van der Waals surface area contributed by atoms with Crippen molar-refractivity contribution in [2.24, 2.45) is 33.6 Å². The number of rotatable bonds is 5. The number of carbonyl (C=O) groups excluding carboxylic acids is 1.